The minimum atomic E-state index is -0.0300. The van der Waals surface area contributed by atoms with Gasteiger partial charge in [-0.15, -0.1) is 11.3 Å². The van der Waals surface area contributed by atoms with Crippen molar-refractivity contribution < 1.29 is 4.79 Å². The van der Waals surface area contributed by atoms with E-state index in [1.807, 2.05) is 64.6 Å². The van der Waals surface area contributed by atoms with Crippen LogP contribution in [-0.2, 0) is 0 Å². The molecule has 182 valence electrons. The summed E-state index contributed by atoms with van der Waals surface area (Å²) in [4.78, 5) is 22.9. The summed E-state index contributed by atoms with van der Waals surface area (Å²) in [6.07, 6.45) is 6.02. The second kappa shape index (κ2) is 11.0. The maximum atomic E-state index is 12.5. The number of carbonyl (C=O) groups is 1. The zero-order valence-corrected chi connectivity index (χ0v) is 21.6. The van der Waals surface area contributed by atoms with E-state index < -0.39 is 0 Å². The molecule has 3 heterocycles. The van der Waals surface area contributed by atoms with Crippen molar-refractivity contribution in [1.82, 2.24) is 19.6 Å². The largest absolute Gasteiger partial charge is 0.369 e. The Labute approximate surface area is 219 Å². The highest BCUT2D eigenvalue weighted by Gasteiger charge is 2.17. The molecule has 35 heavy (non-hydrogen) atoms. The second-order valence-corrected chi connectivity index (χ2v) is 10.4. The molecule has 0 saturated carbocycles. The van der Waals surface area contributed by atoms with Crippen LogP contribution in [0.1, 0.15) is 23.2 Å². The van der Waals surface area contributed by atoms with Crippen LogP contribution in [0.2, 0.25) is 10.0 Å². The van der Waals surface area contributed by atoms with Crippen molar-refractivity contribution in [3.8, 4) is 11.3 Å². The summed E-state index contributed by atoms with van der Waals surface area (Å²) in [6.45, 7) is 5.72. The lowest BCUT2D eigenvalue weighted by atomic mass is 10.1. The van der Waals surface area contributed by atoms with Gasteiger partial charge in [-0.25, -0.2) is 4.98 Å². The number of halogens is 2. The first-order valence-electron chi connectivity index (χ1n) is 11.8. The molecule has 0 bridgehead atoms. The summed E-state index contributed by atoms with van der Waals surface area (Å²) in [7, 11) is 0. The van der Waals surface area contributed by atoms with Crippen LogP contribution in [0.4, 0.5) is 5.69 Å². The van der Waals surface area contributed by atoms with Gasteiger partial charge in [-0.05, 0) is 49.7 Å². The Morgan fingerprint density at radius 3 is 2.54 bits per heavy atom. The van der Waals surface area contributed by atoms with Gasteiger partial charge in [0.25, 0.3) is 5.91 Å². The number of amides is 1. The van der Waals surface area contributed by atoms with Gasteiger partial charge in [0.2, 0.25) is 0 Å². The smallest absolute Gasteiger partial charge is 0.251 e. The summed E-state index contributed by atoms with van der Waals surface area (Å²) < 4.78 is 2.01. The highest BCUT2D eigenvalue weighted by Crippen LogP contribution is 2.28. The van der Waals surface area contributed by atoms with Crippen LogP contribution in [0.15, 0.2) is 60.2 Å². The monoisotopic (exact) mass is 527 g/mol. The van der Waals surface area contributed by atoms with Crippen LogP contribution in [0.5, 0.6) is 0 Å². The zero-order chi connectivity index (χ0) is 24.2. The Bertz CT molecular complexity index is 1270. The molecule has 1 N–H and O–H groups in total. The van der Waals surface area contributed by atoms with Crippen LogP contribution in [0, 0.1) is 0 Å². The predicted molar refractivity (Wildman–Crippen MR) is 145 cm³/mol. The van der Waals surface area contributed by atoms with Gasteiger partial charge < -0.3 is 10.2 Å². The molecule has 2 aromatic heterocycles. The second-order valence-electron chi connectivity index (χ2n) is 8.69. The Hall–Kier alpha value is -2.58. The van der Waals surface area contributed by atoms with Crippen molar-refractivity contribution in [2.45, 2.75) is 12.8 Å². The molecular weight excluding hydrogens is 501 g/mol. The summed E-state index contributed by atoms with van der Waals surface area (Å²) >= 11 is 13.8. The molecular formula is C26H27Cl2N5OS. The maximum absolute atomic E-state index is 12.5. The lowest BCUT2D eigenvalue weighted by Gasteiger charge is -2.36. The van der Waals surface area contributed by atoms with E-state index in [1.165, 1.54) is 0 Å². The van der Waals surface area contributed by atoms with Crippen molar-refractivity contribution in [3.05, 3.63) is 75.8 Å². The molecule has 1 aliphatic heterocycles. The molecule has 0 spiro atoms. The minimum Gasteiger partial charge on any atom is -0.369 e. The molecule has 1 fully saturated rings. The molecule has 0 unspecified atom stereocenters. The van der Waals surface area contributed by atoms with Gasteiger partial charge in [0.15, 0.2) is 4.96 Å². The summed E-state index contributed by atoms with van der Waals surface area (Å²) in [5.74, 6) is -0.0300. The quantitative estimate of drug-likeness (QED) is 0.298. The number of carbonyl (C=O) groups excluding carboxylic acids is 1. The summed E-state index contributed by atoms with van der Waals surface area (Å²) in [5, 5.41) is 6.25. The van der Waals surface area contributed by atoms with Crippen LogP contribution >= 0.6 is 34.5 Å². The first-order valence-corrected chi connectivity index (χ1v) is 13.4. The fourth-order valence-corrected chi connectivity index (χ4v) is 5.33. The number of imidazole rings is 1. The van der Waals surface area contributed by atoms with E-state index in [2.05, 4.69) is 20.1 Å². The number of fused-ring (bicyclic) bond motifs is 1. The summed E-state index contributed by atoms with van der Waals surface area (Å²) in [5.41, 5.74) is 3.73. The summed E-state index contributed by atoms with van der Waals surface area (Å²) in [6, 6.07) is 13.5. The Morgan fingerprint density at radius 1 is 1.00 bits per heavy atom. The molecule has 2 aromatic carbocycles. The number of benzene rings is 2. The number of piperazine rings is 1. The average Bonchev–Trinajstić information content (AvgIpc) is 3.49. The van der Waals surface area contributed by atoms with E-state index in [1.54, 1.807) is 11.3 Å². The molecule has 0 radical (unpaired) electrons. The average molecular weight is 529 g/mol. The van der Waals surface area contributed by atoms with E-state index in [-0.39, 0.29) is 5.91 Å². The third-order valence-corrected chi connectivity index (χ3v) is 7.87. The van der Waals surface area contributed by atoms with E-state index in [0.717, 1.165) is 67.5 Å². The van der Waals surface area contributed by atoms with Gasteiger partial charge in [0, 0.05) is 67.3 Å². The Morgan fingerprint density at radius 2 is 1.80 bits per heavy atom. The molecule has 4 aromatic rings. The fourth-order valence-electron chi connectivity index (χ4n) is 4.33. The van der Waals surface area contributed by atoms with Gasteiger partial charge in [-0.3, -0.25) is 14.1 Å². The SMILES string of the molecule is O=C(NCCCCN1CCN(c2ccc(Cl)c(Cl)c2)CC1)c1ccc(-c2cn3ccsc3n2)cc1. The highest BCUT2D eigenvalue weighted by atomic mass is 35.5. The number of hydrogen-bond donors (Lipinski definition) is 1. The van der Waals surface area contributed by atoms with Crippen molar-refractivity contribution >= 4 is 51.1 Å². The zero-order valence-electron chi connectivity index (χ0n) is 19.3. The lowest BCUT2D eigenvalue weighted by Crippen LogP contribution is -2.46. The number of aromatic nitrogens is 2. The van der Waals surface area contributed by atoms with Crippen molar-refractivity contribution in [3.63, 3.8) is 0 Å². The first-order chi connectivity index (χ1) is 17.1. The van der Waals surface area contributed by atoms with Crippen LogP contribution < -0.4 is 10.2 Å². The third-order valence-electron chi connectivity index (χ3n) is 6.36. The molecule has 1 saturated heterocycles. The van der Waals surface area contributed by atoms with E-state index in [9.17, 15) is 4.79 Å². The van der Waals surface area contributed by atoms with Crippen molar-refractivity contribution in [1.29, 1.82) is 0 Å². The van der Waals surface area contributed by atoms with Crippen LogP contribution in [0.3, 0.4) is 0 Å². The van der Waals surface area contributed by atoms with Crippen LogP contribution in [0.25, 0.3) is 16.2 Å². The van der Waals surface area contributed by atoms with Gasteiger partial charge in [-0.1, -0.05) is 35.3 Å². The number of hydrogen-bond acceptors (Lipinski definition) is 5. The Kier molecular flexibility index (Phi) is 7.58. The maximum Gasteiger partial charge on any atom is 0.251 e. The Balaban J connectivity index is 1.01. The molecule has 0 atom stereocenters. The number of nitrogens with zero attached hydrogens (tertiary/aromatic N) is 4. The van der Waals surface area contributed by atoms with Gasteiger partial charge in [0.05, 0.1) is 15.7 Å². The number of thiazole rings is 1. The number of anilines is 1. The van der Waals surface area contributed by atoms with Crippen molar-refractivity contribution in [2.75, 3.05) is 44.2 Å². The van der Waals surface area contributed by atoms with Gasteiger partial charge in [0.1, 0.15) is 0 Å². The molecule has 9 heteroatoms. The third kappa shape index (κ3) is 5.81. The molecule has 1 aliphatic rings. The number of rotatable bonds is 8. The van der Waals surface area contributed by atoms with Crippen LogP contribution in [-0.4, -0.2) is 59.5 Å². The van der Waals surface area contributed by atoms with E-state index in [0.29, 0.717) is 22.2 Å². The number of unbranched alkanes of at least 4 members (excludes halogenated alkanes) is 1. The molecule has 6 nitrogen and oxygen atoms in total. The molecule has 0 aliphatic carbocycles. The fraction of sp³-hybridized carbons (Fsp3) is 0.308. The van der Waals surface area contributed by atoms with E-state index >= 15 is 0 Å². The molecule has 5 rings (SSSR count). The van der Waals surface area contributed by atoms with Gasteiger partial charge >= 0.3 is 0 Å². The first kappa shape index (κ1) is 24.1. The van der Waals surface area contributed by atoms with Crippen molar-refractivity contribution in [2.24, 2.45) is 0 Å². The normalized spacial score (nSPS) is 14.5. The lowest BCUT2D eigenvalue weighted by molar-refractivity contribution is 0.0952. The predicted octanol–water partition coefficient (Wildman–Crippen LogP) is 5.70. The van der Waals surface area contributed by atoms with E-state index in [4.69, 9.17) is 23.2 Å². The topological polar surface area (TPSA) is 52.9 Å². The highest BCUT2D eigenvalue weighted by molar-refractivity contribution is 7.15. The number of nitrogens with one attached hydrogen (secondary N) is 1. The van der Waals surface area contributed by atoms with Gasteiger partial charge in [-0.2, -0.15) is 0 Å². The molecule has 1 amide bonds. The standard InChI is InChI=1S/C26H27Cl2N5OS/c27-22-8-7-21(17-23(22)28)32-13-11-31(12-14-32)10-2-1-9-29-25(34)20-5-3-19(4-6-20)24-18-33-15-16-35-26(33)30-24/h3-8,15-18H,1-2,9-14H2,(H,29,34). The minimum absolute atomic E-state index is 0.0300.